The van der Waals surface area contributed by atoms with E-state index in [1.165, 1.54) is 44.9 Å². The number of nitrogens with zero attached hydrogens (tertiary/aromatic N) is 1. The number of hydrogen-bond acceptors (Lipinski definition) is 2. The summed E-state index contributed by atoms with van der Waals surface area (Å²) in [7, 11) is 0. The van der Waals surface area contributed by atoms with Gasteiger partial charge >= 0.3 is 0 Å². The molecular formula is C16H28N2O. The van der Waals surface area contributed by atoms with Crippen molar-refractivity contribution in [1.82, 2.24) is 10.2 Å². The molecule has 1 saturated carbocycles. The van der Waals surface area contributed by atoms with E-state index >= 15 is 0 Å². The van der Waals surface area contributed by atoms with Gasteiger partial charge in [-0.15, -0.1) is 0 Å². The third-order valence-electron chi connectivity index (χ3n) is 5.49. The van der Waals surface area contributed by atoms with Crippen LogP contribution in [-0.4, -0.2) is 36.5 Å². The minimum absolute atomic E-state index is 0.434. The van der Waals surface area contributed by atoms with Gasteiger partial charge in [0, 0.05) is 32.1 Å². The molecule has 0 spiro atoms. The summed E-state index contributed by atoms with van der Waals surface area (Å²) in [5.74, 6) is 2.00. The van der Waals surface area contributed by atoms with E-state index in [4.69, 9.17) is 0 Å². The van der Waals surface area contributed by atoms with Crippen LogP contribution in [0, 0.1) is 11.8 Å². The third kappa shape index (κ3) is 3.13. The molecule has 2 unspecified atom stereocenters. The summed E-state index contributed by atoms with van der Waals surface area (Å²) < 4.78 is 0. The van der Waals surface area contributed by atoms with Gasteiger partial charge in [0.05, 0.1) is 0 Å². The van der Waals surface area contributed by atoms with Crippen molar-refractivity contribution in [2.45, 2.75) is 63.8 Å². The van der Waals surface area contributed by atoms with Crippen LogP contribution < -0.4 is 5.32 Å². The first-order chi connectivity index (χ1) is 9.34. The average Bonchev–Trinajstić information content (AvgIpc) is 2.94. The molecule has 19 heavy (non-hydrogen) atoms. The van der Waals surface area contributed by atoms with Gasteiger partial charge in [0.2, 0.25) is 5.91 Å². The predicted molar refractivity (Wildman–Crippen MR) is 76.9 cm³/mol. The maximum atomic E-state index is 12.5. The second kappa shape index (κ2) is 6.25. The standard InChI is InChI=1S/C16H28N2O/c19-16(9-8-13-5-2-1-3-6-13)18-10-4-7-14-11-17-12-15(14)18/h13-15,17H,1-12H2. The molecule has 1 amide bonds. The lowest BCUT2D eigenvalue weighted by Gasteiger charge is -2.37. The summed E-state index contributed by atoms with van der Waals surface area (Å²) in [6.45, 7) is 3.16. The van der Waals surface area contributed by atoms with Crippen molar-refractivity contribution in [3.8, 4) is 0 Å². The molecule has 3 heteroatoms. The molecule has 1 aliphatic carbocycles. The molecule has 0 aromatic heterocycles. The molecule has 1 N–H and O–H groups in total. The number of nitrogens with one attached hydrogen (secondary N) is 1. The zero-order valence-corrected chi connectivity index (χ0v) is 12.1. The molecule has 108 valence electrons. The molecule has 2 atom stereocenters. The van der Waals surface area contributed by atoms with Crippen LogP contribution in [0.25, 0.3) is 0 Å². The molecule has 3 aliphatic rings. The Labute approximate surface area is 117 Å². The van der Waals surface area contributed by atoms with Gasteiger partial charge in [-0.3, -0.25) is 4.79 Å². The van der Waals surface area contributed by atoms with Crippen molar-refractivity contribution in [3.63, 3.8) is 0 Å². The zero-order valence-electron chi connectivity index (χ0n) is 12.1. The van der Waals surface area contributed by atoms with Crippen LogP contribution in [0.1, 0.15) is 57.8 Å². The summed E-state index contributed by atoms with van der Waals surface area (Å²) in [5.41, 5.74) is 0. The van der Waals surface area contributed by atoms with Gasteiger partial charge in [-0.25, -0.2) is 0 Å². The maximum Gasteiger partial charge on any atom is 0.222 e. The van der Waals surface area contributed by atoms with Gasteiger partial charge in [-0.05, 0) is 31.1 Å². The minimum Gasteiger partial charge on any atom is -0.338 e. The van der Waals surface area contributed by atoms with E-state index in [2.05, 4.69) is 10.2 Å². The van der Waals surface area contributed by atoms with Gasteiger partial charge in [0.25, 0.3) is 0 Å². The predicted octanol–water partition coefficient (Wildman–Crippen LogP) is 2.56. The Hall–Kier alpha value is -0.570. The van der Waals surface area contributed by atoms with Gasteiger partial charge in [-0.1, -0.05) is 32.1 Å². The molecule has 0 aromatic rings. The van der Waals surface area contributed by atoms with Crippen LogP contribution >= 0.6 is 0 Å². The number of amides is 1. The van der Waals surface area contributed by atoms with Crippen LogP contribution in [0.2, 0.25) is 0 Å². The van der Waals surface area contributed by atoms with Crippen LogP contribution in [0.3, 0.4) is 0 Å². The largest absolute Gasteiger partial charge is 0.338 e. The Morgan fingerprint density at radius 2 is 1.89 bits per heavy atom. The topological polar surface area (TPSA) is 32.3 Å². The van der Waals surface area contributed by atoms with Crippen LogP contribution in [-0.2, 0) is 4.79 Å². The molecule has 3 rings (SSSR count). The Bertz CT molecular complexity index is 312. The van der Waals surface area contributed by atoms with E-state index in [1.807, 2.05) is 0 Å². The van der Waals surface area contributed by atoms with E-state index in [0.29, 0.717) is 11.9 Å². The quantitative estimate of drug-likeness (QED) is 0.849. The summed E-state index contributed by atoms with van der Waals surface area (Å²) in [5, 5.41) is 3.46. The average molecular weight is 264 g/mol. The Morgan fingerprint density at radius 3 is 2.74 bits per heavy atom. The van der Waals surface area contributed by atoms with E-state index < -0.39 is 0 Å². The summed E-state index contributed by atoms with van der Waals surface area (Å²) >= 11 is 0. The van der Waals surface area contributed by atoms with Crippen molar-refractivity contribution < 1.29 is 4.79 Å². The summed E-state index contributed by atoms with van der Waals surface area (Å²) in [6, 6.07) is 0.507. The highest BCUT2D eigenvalue weighted by Crippen LogP contribution is 2.30. The van der Waals surface area contributed by atoms with Crippen molar-refractivity contribution in [2.75, 3.05) is 19.6 Å². The fourth-order valence-corrected chi connectivity index (χ4v) is 4.32. The first-order valence-corrected chi connectivity index (χ1v) is 8.35. The van der Waals surface area contributed by atoms with E-state index in [0.717, 1.165) is 44.3 Å². The molecule has 2 aliphatic heterocycles. The van der Waals surface area contributed by atoms with Crippen molar-refractivity contribution in [3.05, 3.63) is 0 Å². The second-order valence-corrected chi connectivity index (χ2v) is 6.76. The molecule has 0 radical (unpaired) electrons. The summed E-state index contributed by atoms with van der Waals surface area (Å²) in [4.78, 5) is 14.7. The molecule has 2 heterocycles. The van der Waals surface area contributed by atoms with E-state index in [-0.39, 0.29) is 0 Å². The number of hydrogen-bond donors (Lipinski definition) is 1. The minimum atomic E-state index is 0.434. The Kier molecular flexibility index (Phi) is 4.42. The first-order valence-electron chi connectivity index (χ1n) is 8.35. The van der Waals surface area contributed by atoms with Crippen LogP contribution in [0.15, 0.2) is 0 Å². The van der Waals surface area contributed by atoms with Crippen molar-refractivity contribution in [2.24, 2.45) is 11.8 Å². The molecule has 2 saturated heterocycles. The number of likely N-dealkylation sites (tertiary alicyclic amines) is 1. The molecule has 0 aromatic carbocycles. The molecule has 0 bridgehead atoms. The third-order valence-corrected chi connectivity index (χ3v) is 5.49. The first kappa shape index (κ1) is 13.4. The van der Waals surface area contributed by atoms with E-state index in [9.17, 15) is 4.79 Å². The monoisotopic (exact) mass is 264 g/mol. The highest BCUT2D eigenvalue weighted by molar-refractivity contribution is 5.76. The second-order valence-electron chi connectivity index (χ2n) is 6.76. The van der Waals surface area contributed by atoms with Crippen molar-refractivity contribution in [1.29, 1.82) is 0 Å². The van der Waals surface area contributed by atoms with Crippen molar-refractivity contribution >= 4 is 5.91 Å². The lowest BCUT2D eigenvalue weighted by molar-refractivity contribution is -0.135. The molecule has 3 fully saturated rings. The zero-order chi connectivity index (χ0) is 13.1. The van der Waals surface area contributed by atoms with Crippen LogP contribution in [0.5, 0.6) is 0 Å². The highest BCUT2D eigenvalue weighted by atomic mass is 16.2. The summed E-state index contributed by atoms with van der Waals surface area (Å²) in [6.07, 6.45) is 11.4. The SMILES string of the molecule is O=C(CCC1CCCCC1)N1CCCC2CNCC21. The molecular weight excluding hydrogens is 236 g/mol. The number of piperidine rings is 1. The number of carbonyl (C=O) groups is 1. The number of carbonyl (C=O) groups excluding carboxylic acids is 1. The number of rotatable bonds is 3. The highest BCUT2D eigenvalue weighted by Gasteiger charge is 2.37. The van der Waals surface area contributed by atoms with Gasteiger partial charge in [-0.2, -0.15) is 0 Å². The fraction of sp³-hybridized carbons (Fsp3) is 0.938. The van der Waals surface area contributed by atoms with E-state index in [1.54, 1.807) is 0 Å². The number of fused-ring (bicyclic) bond motifs is 1. The van der Waals surface area contributed by atoms with Gasteiger partial charge in [0.1, 0.15) is 0 Å². The normalized spacial score (nSPS) is 32.3. The van der Waals surface area contributed by atoms with Gasteiger partial charge in [0.15, 0.2) is 0 Å². The molecule has 3 nitrogen and oxygen atoms in total. The van der Waals surface area contributed by atoms with Crippen LogP contribution in [0.4, 0.5) is 0 Å². The lowest BCUT2D eigenvalue weighted by atomic mass is 9.85. The van der Waals surface area contributed by atoms with Gasteiger partial charge < -0.3 is 10.2 Å². The maximum absolute atomic E-state index is 12.5. The Morgan fingerprint density at radius 1 is 1.05 bits per heavy atom. The Balaban J connectivity index is 1.48. The smallest absolute Gasteiger partial charge is 0.222 e. The lowest BCUT2D eigenvalue weighted by Crippen LogP contribution is -2.48. The fourth-order valence-electron chi connectivity index (χ4n) is 4.32.